The van der Waals surface area contributed by atoms with Gasteiger partial charge in [0.05, 0.1) is 0 Å². The normalized spacial score (nSPS) is 31.8. The lowest BCUT2D eigenvalue weighted by molar-refractivity contribution is 0.136. The van der Waals surface area contributed by atoms with Gasteiger partial charge in [-0.3, -0.25) is 0 Å². The van der Waals surface area contributed by atoms with Crippen LogP contribution in [0.1, 0.15) is 51.4 Å². The van der Waals surface area contributed by atoms with Crippen LogP contribution >= 0.6 is 0 Å². The number of allylic oxidation sites excluding steroid dienone is 2. The van der Waals surface area contributed by atoms with Crippen molar-refractivity contribution in [2.75, 3.05) is 26.2 Å². The molecular formula is C19H28N2O. The molecule has 3 nitrogen and oxygen atoms in total. The summed E-state index contributed by atoms with van der Waals surface area (Å²) in [6, 6.07) is 0.287. The van der Waals surface area contributed by atoms with Crippen molar-refractivity contribution in [3.63, 3.8) is 0 Å². The standard InChI is InChI=1S/C19H28N2O/c22-19(20-11-9-15-5-1-3-7-17(15)13-20)21-12-10-16-6-2-4-8-18(16)14-21/h7-8,15-16H,1-6,9-14H2. The first-order valence-electron chi connectivity index (χ1n) is 9.23. The zero-order valence-corrected chi connectivity index (χ0v) is 13.6. The predicted molar refractivity (Wildman–Crippen MR) is 88.6 cm³/mol. The van der Waals surface area contributed by atoms with Crippen LogP contribution in [0.3, 0.4) is 0 Å². The van der Waals surface area contributed by atoms with Crippen molar-refractivity contribution in [3.8, 4) is 0 Å². The van der Waals surface area contributed by atoms with Gasteiger partial charge in [-0.1, -0.05) is 23.3 Å². The Kier molecular flexibility index (Phi) is 3.98. The van der Waals surface area contributed by atoms with Crippen molar-refractivity contribution in [2.45, 2.75) is 51.4 Å². The second kappa shape index (κ2) is 6.10. The lowest BCUT2D eigenvalue weighted by atomic mass is 9.82. The van der Waals surface area contributed by atoms with Crippen molar-refractivity contribution < 1.29 is 4.79 Å². The molecule has 0 saturated carbocycles. The summed E-state index contributed by atoms with van der Waals surface area (Å²) in [6.07, 6.45) is 14.9. The number of likely N-dealkylation sites (tertiary alicyclic amines) is 2. The number of carbonyl (C=O) groups excluding carboxylic acids is 1. The van der Waals surface area contributed by atoms with E-state index in [2.05, 4.69) is 22.0 Å². The number of urea groups is 1. The van der Waals surface area contributed by atoms with Crippen LogP contribution < -0.4 is 0 Å². The predicted octanol–water partition coefficient (Wildman–Crippen LogP) is 3.97. The van der Waals surface area contributed by atoms with E-state index in [1.807, 2.05) is 0 Å². The summed E-state index contributed by atoms with van der Waals surface area (Å²) in [6.45, 7) is 3.70. The molecule has 2 aliphatic heterocycles. The summed E-state index contributed by atoms with van der Waals surface area (Å²) in [5, 5.41) is 0. The number of nitrogens with zero attached hydrogens (tertiary/aromatic N) is 2. The number of fused-ring (bicyclic) bond motifs is 2. The van der Waals surface area contributed by atoms with Crippen molar-refractivity contribution in [1.82, 2.24) is 9.80 Å². The second-order valence-corrected chi connectivity index (χ2v) is 7.52. The highest BCUT2D eigenvalue weighted by atomic mass is 16.2. The van der Waals surface area contributed by atoms with E-state index in [0.29, 0.717) is 0 Å². The van der Waals surface area contributed by atoms with Crippen LogP contribution in [0.4, 0.5) is 4.79 Å². The van der Waals surface area contributed by atoms with Crippen LogP contribution in [0, 0.1) is 11.8 Å². The van der Waals surface area contributed by atoms with Crippen LogP contribution in [-0.2, 0) is 0 Å². The average molecular weight is 300 g/mol. The number of amides is 2. The minimum absolute atomic E-state index is 0.287. The molecule has 0 aromatic heterocycles. The smallest absolute Gasteiger partial charge is 0.320 e. The van der Waals surface area contributed by atoms with Crippen molar-refractivity contribution >= 4 is 6.03 Å². The van der Waals surface area contributed by atoms with Crippen LogP contribution in [0.2, 0.25) is 0 Å². The zero-order valence-electron chi connectivity index (χ0n) is 13.6. The fraction of sp³-hybridized carbons (Fsp3) is 0.737. The van der Waals surface area contributed by atoms with Crippen molar-refractivity contribution in [2.24, 2.45) is 11.8 Å². The average Bonchev–Trinajstić information content (AvgIpc) is 2.60. The maximum absolute atomic E-state index is 12.9. The molecular weight excluding hydrogens is 272 g/mol. The van der Waals surface area contributed by atoms with Crippen molar-refractivity contribution in [3.05, 3.63) is 23.3 Å². The Balaban J connectivity index is 1.41. The molecule has 2 fully saturated rings. The molecule has 3 heteroatoms. The van der Waals surface area contributed by atoms with E-state index < -0.39 is 0 Å². The quantitative estimate of drug-likeness (QED) is 0.621. The molecule has 2 heterocycles. The third-order valence-electron chi connectivity index (χ3n) is 6.16. The van der Waals surface area contributed by atoms with Gasteiger partial charge in [0.15, 0.2) is 0 Å². The van der Waals surface area contributed by atoms with E-state index in [9.17, 15) is 4.79 Å². The summed E-state index contributed by atoms with van der Waals surface area (Å²) >= 11 is 0. The molecule has 120 valence electrons. The summed E-state index contributed by atoms with van der Waals surface area (Å²) < 4.78 is 0. The maximum Gasteiger partial charge on any atom is 0.320 e. The molecule has 0 spiro atoms. The van der Waals surface area contributed by atoms with E-state index in [4.69, 9.17) is 0 Å². The van der Waals surface area contributed by atoms with Crippen LogP contribution in [0.25, 0.3) is 0 Å². The first-order chi connectivity index (χ1) is 10.8. The highest BCUT2D eigenvalue weighted by Crippen LogP contribution is 2.34. The van der Waals surface area contributed by atoms with E-state index in [-0.39, 0.29) is 6.03 Å². The van der Waals surface area contributed by atoms with E-state index in [0.717, 1.165) is 38.0 Å². The van der Waals surface area contributed by atoms with Crippen LogP contribution in [0.5, 0.6) is 0 Å². The summed E-state index contributed by atoms with van der Waals surface area (Å²) in [5.74, 6) is 1.54. The van der Waals surface area contributed by atoms with Gasteiger partial charge in [-0.05, 0) is 63.2 Å². The van der Waals surface area contributed by atoms with Gasteiger partial charge in [-0.25, -0.2) is 4.79 Å². The molecule has 2 saturated heterocycles. The van der Waals surface area contributed by atoms with E-state index in [1.54, 1.807) is 0 Å². The van der Waals surface area contributed by atoms with Gasteiger partial charge in [-0.15, -0.1) is 0 Å². The minimum Gasteiger partial charge on any atom is -0.321 e. The topological polar surface area (TPSA) is 23.6 Å². The summed E-state index contributed by atoms with van der Waals surface area (Å²) in [4.78, 5) is 17.1. The van der Waals surface area contributed by atoms with Gasteiger partial charge in [0.1, 0.15) is 0 Å². The lowest BCUT2D eigenvalue weighted by Crippen LogP contribution is -2.50. The first kappa shape index (κ1) is 14.3. The van der Waals surface area contributed by atoms with E-state index >= 15 is 0 Å². The SMILES string of the molecule is O=C(N1CCC2CCCC=C2C1)N1CCC2CCCC=C2C1. The van der Waals surface area contributed by atoms with Gasteiger partial charge >= 0.3 is 6.03 Å². The molecule has 2 atom stereocenters. The molecule has 0 radical (unpaired) electrons. The van der Waals surface area contributed by atoms with Gasteiger partial charge in [0.25, 0.3) is 0 Å². The Morgan fingerprint density at radius 2 is 1.32 bits per heavy atom. The molecule has 22 heavy (non-hydrogen) atoms. The largest absolute Gasteiger partial charge is 0.321 e. The van der Waals surface area contributed by atoms with E-state index in [1.165, 1.54) is 62.5 Å². The molecule has 0 aromatic rings. The molecule has 4 aliphatic rings. The molecule has 0 bridgehead atoms. The Hall–Kier alpha value is -1.25. The molecule has 2 aliphatic carbocycles. The summed E-state index contributed by atoms with van der Waals surface area (Å²) in [5.41, 5.74) is 3.08. The number of hydrogen-bond acceptors (Lipinski definition) is 1. The highest BCUT2D eigenvalue weighted by molar-refractivity contribution is 5.75. The molecule has 2 unspecified atom stereocenters. The Bertz CT molecular complexity index is 464. The first-order valence-corrected chi connectivity index (χ1v) is 9.23. The second-order valence-electron chi connectivity index (χ2n) is 7.52. The van der Waals surface area contributed by atoms with Crippen molar-refractivity contribution in [1.29, 1.82) is 0 Å². The van der Waals surface area contributed by atoms with Crippen LogP contribution in [-0.4, -0.2) is 42.0 Å². The van der Waals surface area contributed by atoms with Gasteiger partial charge in [0.2, 0.25) is 0 Å². The maximum atomic E-state index is 12.9. The fourth-order valence-corrected chi connectivity index (χ4v) is 4.80. The monoisotopic (exact) mass is 300 g/mol. The Labute approximate surface area is 134 Å². The molecule has 0 N–H and O–H groups in total. The molecule has 4 rings (SSSR count). The number of piperidine rings is 2. The Morgan fingerprint density at radius 3 is 1.82 bits per heavy atom. The Morgan fingerprint density at radius 1 is 0.818 bits per heavy atom. The number of rotatable bonds is 0. The fourth-order valence-electron chi connectivity index (χ4n) is 4.80. The summed E-state index contributed by atoms with van der Waals surface area (Å²) in [7, 11) is 0. The number of carbonyl (C=O) groups is 1. The lowest BCUT2D eigenvalue weighted by Gasteiger charge is -2.42. The molecule has 2 amide bonds. The third kappa shape index (κ3) is 2.70. The molecule has 0 aromatic carbocycles. The van der Waals surface area contributed by atoms with Gasteiger partial charge < -0.3 is 9.80 Å². The van der Waals surface area contributed by atoms with Gasteiger partial charge in [-0.2, -0.15) is 0 Å². The minimum atomic E-state index is 0.287. The number of hydrogen-bond donors (Lipinski definition) is 0. The zero-order chi connectivity index (χ0) is 14.9. The van der Waals surface area contributed by atoms with Gasteiger partial charge in [0, 0.05) is 26.2 Å². The third-order valence-corrected chi connectivity index (χ3v) is 6.16. The van der Waals surface area contributed by atoms with Crippen LogP contribution in [0.15, 0.2) is 23.3 Å². The highest BCUT2D eigenvalue weighted by Gasteiger charge is 2.33.